The van der Waals surface area contributed by atoms with E-state index in [1.54, 1.807) is 7.11 Å². The molecule has 1 N–H and O–H groups in total. The molecule has 0 amide bonds. The van der Waals surface area contributed by atoms with Crippen LogP contribution < -0.4 is 4.74 Å². The lowest BCUT2D eigenvalue weighted by molar-refractivity contribution is 0.372. The number of benzene rings is 1. The molecule has 14 heavy (non-hydrogen) atoms. The Kier molecular flexibility index (Phi) is 1.95. The minimum absolute atomic E-state index is 0.194. The number of phenols is 1. The van der Waals surface area contributed by atoms with Crippen LogP contribution in [0.15, 0.2) is 12.1 Å². The van der Waals surface area contributed by atoms with Gasteiger partial charge in [0, 0.05) is 0 Å². The van der Waals surface area contributed by atoms with Crippen molar-refractivity contribution in [3.63, 3.8) is 0 Å². The van der Waals surface area contributed by atoms with Crippen LogP contribution in [0.5, 0.6) is 11.5 Å². The second-order valence-electron chi connectivity index (χ2n) is 4.57. The summed E-state index contributed by atoms with van der Waals surface area (Å²) < 4.78 is 5.09. The average molecular weight is 192 g/mol. The van der Waals surface area contributed by atoms with Gasteiger partial charge in [-0.25, -0.2) is 0 Å². The van der Waals surface area contributed by atoms with E-state index in [1.165, 1.54) is 11.1 Å². The van der Waals surface area contributed by atoms with Gasteiger partial charge in [-0.3, -0.25) is 0 Å². The van der Waals surface area contributed by atoms with Crippen molar-refractivity contribution in [2.75, 3.05) is 7.11 Å². The second kappa shape index (κ2) is 2.91. The molecule has 0 fully saturated rings. The van der Waals surface area contributed by atoms with Crippen LogP contribution in [0.1, 0.15) is 31.4 Å². The molecule has 0 radical (unpaired) electrons. The summed E-state index contributed by atoms with van der Waals surface area (Å²) in [5, 5.41) is 9.68. The van der Waals surface area contributed by atoms with Gasteiger partial charge >= 0.3 is 0 Å². The standard InChI is InChI=1S/C12H16O2/c1-12(2)5-4-8-6-11(14-3)10(13)7-9(8)12/h6-7,13H,4-5H2,1-3H3. The first-order chi connectivity index (χ1) is 6.54. The normalized spacial score (nSPS) is 17.9. The van der Waals surface area contributed by atoms with Crippen LogP contribution in [0.25, 0.3) is 0 Å². The van der Waals surface area contributed by atoms with Crippen molar-refractivity contribution in [3.05, 3.63) is 23.3 Å². The minimum atomic E-state index is 0.194. The predicted molar refractivity (Wildman–Crippen MR) is 56.0 cm³/mol. The molecule has 2 heteroatoms. The van der Waals surface area contributed by atoms with Gasteiger partial charge in [0.05, 0.1) is 7.11 Å². The van der Waals surface area contributed by atoms with E-state index < -0.39 is 0 Å². The Morgan fingerprint density at radius 2 is 2.07 bits per heavy atom. The Labute approximate surface area is 84.5 Å². The highest BCUT2D eigenvalue weighted by Crippen LogP contribution is 2.43. The van der Waals surface area contributed by atoms with E-state index in [1.807, 2.05) is 12.1 Å². The molecule has 0 unspecified atom stereocenters. The van der Waals surface area contributed by atoms with Gasteiger partial charge in [-0.1, -0.05) is 13.8 Å². The van der Waals surface area contributed by atoms with E-state index in [0.717, 1.165) is 12.8 Å². The minimum Gasteiger partial charge on any atom is -0.504 e. The van der Waals surface area contributed by atoms with Crippen molar-refractivity contribution in [2.45, 2.75) is 32.1 Å². The fraction of sp³-hybridized carbons (Fsp3) is 0.500. The van der Waals surface area contributed by atoms with Crippen LogP contribution in [-0.4, -0.2) is 12.2 Å². The number of rotatable bonds is 1. The Balaban J connectivity index is 2.55. The van der Waals surface area contributed by atoms with E-state index in [9.17, 15) is 5.11 Å². The first-order valence-corrected chi connectivity index (χ1v) is 4.95. The number of aromatic hydroxyl groups is 1. The fourth-order valence-electron chi connectivity index (χ4n) is 2.19. The van der Waals surface area contributed by atoms with Crippen LogP contribution in [0.4, 0.5) is 0 Å². The van der Waals surface area contributed by atoms with Gasteiger partial charge in [0.1, 0.15) is 0 Å². The summed E-state index contributed by atoms with van der Waals surface area (Å²) in [4.78, 5) is 0. The third-order valence-electron chi connectivity index (χ3n) is 3.15. The number of ether oxygens (including phenoxy) is 1. The summed E-state index contributed by atoms with van der Waals surface area (Å²) in [5.74, 6) is 0.836. The van der Waals surface area contributed by atoms with Crippen LogP contribution in [-0.2, 0) is 11.8 Å². The van der Waals surface area contributed by atoms with Gasteiger partial charge in [-0.2, -0.15) is 0 Å². The summed E-state index contributed by atoms with van der Waals surface area (Å²) in [5.41, 5.74) is 2.76. The quantitative estimate of drug-likeness (QED) is 0.741. The SMILES string of the molecule is COc1cc2c(cc1O)C(C)(C)CC2. The lowest BCUT2D eigenvalue weighted by atomic mass is 9.86. The molecule has 0 aromatic heterocycles. The molecule has 76 valence electrons. The van der Waals surface area contributed by atoms with Crippen molar-refractivity contribution >= 4 is 0 Å². The highest BCUT2D eigenvalue weighted by Gasteiger charge is 2.30. The van der Waals surface area contributed by atoms with Gasteiger partial charge in [0.25, 0.3) is 0 Å². The molecule has 0 saturated carbocycles. The Bertz CT molecular complexity index is 367. The fourth-order valence-corrected chi connectivity index (χ4v) is 2.19. The van der Waals surface area contributed by atoms with Crippen LogP contribution >= 0.6 is 0 Å². The predicted octanol–water partition coefficient (Wildman–Crippen LogP) is 2.62. The maximum absolute atomic E-state index is 9.68. The van der Waals surface area contributed by atoms with Crippen molar-refractivity contribution in [3.8, 4) is 11.5 Å². The maximum atomic E-state index is 9.68. The lowest BCUT2D eigenvalue weighted by Crippen LogP contribution is -2.11. The van der Waals surface area contributed by atoms with Gasteiger partial charge in [-0.05, 0) is 41.5 Å². The number of fused-ring (bicyclic) bond motifs is 1. The highest BCUT2D eigenvalue weighted by atomic mass is 16.5. The molecule has 0 spiro atoms. The summed E-state index contributed by atoms with van der Waals surface area (Å²) in [7, 11) is 1.58. The summed E-state index contributed by atoms with van der Waals surface area (Å²) in [6, 6.07) is 3.81. The first kappa shape index (κ1) is 9.38. The first-order valence-electron chi connectivity index (χ1n) is 4.95. The Morgan fingerprint density at radius 3 is 2.71 bits per heavy atom. The largest absolute Gasteiger partial charge is 0.504 e. The van der Waals surface area contributed by atoms with E-state index >= 15 is 0 Å². The van der Waals surface area contributed by atoms with Crippen molar-refractivity contribution in [1.82, 2.24) is 0 Å². The molecule has 1 aliphatic carbocycles. The molecule has 2 nitrogen and oxygen atoms in total. The van der Waals surface area contributed by atoms with Crippen molar-refractivity contribution in [2.24, 2.45) is 0 Å². The highest BCUT2D eigenvalue weighted by molar-refractivity contribution is 5.51. The smallest absolute Gasteiger partial charge is 0.160 e. The summed E-state index contributed by atoms with van der Waals surface area (Å²) in [6.45, 7) is 4.43. The Hall–Kier alpha value is -1.18. The van der Waals surface area contributed by atoms with E-state index in [4.69, 9.17) is 4.74 Å². The number of phenolic OH excluding ortho intramolecular Hbond substituents is 1. The lowest BCUT2D eigenvalue weighted by Gasteiger charge is -2.19. The maximum Gasteiger partial charge on any atom is 0.160 e. The number of hydrogen-bond acceptors (Lipinski definition) is 2. The number of hydrogen-bond donors (Lipinski definition) is 1. The Morgan fingerprint density at radius 1 is 1.36 bits per heavy atom. The molecule has 0 bridgehead atoms. The van der Waals surface area contributed by atoms with Crippen molar-refractivity contribution < 1.29 is 9.84 Å². The zero-order valence-electron chi connectivity index (χ0n) is 8.92. The molecule has 1 aromatic carbocycles. The van der Waals surface area contributed by atoms with Crippen LogP contribution in [0.3, 0.4) is 0 Å². The molecule has 0 saturated heterocycles. The van der Waals surface area contributed by atoms with Crippen LogP contribution in [0.2, 0.25) is 0 Å². The average Bonchev–Trinajstić information content (AvgIpc) is 2.42. The van der Waals surface area contributed by atoms with Gasteiger partial charge in [-0.15, -0.1) is 0 Å². The zero-order chi connectivity index (χ0) is 10.3. The molecule has 0 atom stereocenters. The van der Waals surface area contributed by atoms with E-state index in [2.05, 4.69) is 13.8 Å². The molecule has 2 rings (SSSR count). The third-order valence-corrected chi connectivity index (χ3v) is 3.15. The molecule has 1 aromatic rings. The van der Waals surface area contributed by atoms with Gasteiger partial charge in [0.2, 0.25) is 0 Å². The molecule has 0 heterocycles. The van der Waals surface area contributed by atoms with Crippen LogP contribution in [0, 0.1) is 0 Å². The molecular weight excluding hydrogens is 176 g/mol. The molecular formula is C12H16O2. The zero-order valence-corrected chi connectivity index (χ0v) is 8.92. The number of methoxy groups -OCH3 is 1. The summed E-state index contributed by atoms with van der Waals surface area (Å²) >= 11 is 0. The summed E-state index contributed by atoms with van der Waals surface area (Å²) in [6.07, 6.45) is 2.23. The monoisotopic (exact) mass is 192 g/mol. The molecule has 1 aliphatic rings. The number of aryl methyl sites for hydroxylation is 1. The van der Waals surface area contributed by atoms with E-state index in [-0.39, 0.29) is 11.2 Å². The topological polar surface area (TPSA) is 29.5 Å². The second-order valence-corrected chi connectivity index (χ2v) is 4.57. The van der Waals surface area contributed by atoms with Gasteiger partial charge in [0.15, 0.2) is 11.5 Å². The van der Waals surface area contributed by atoms with Crippen molar-refractivity contribution in [1.29, 1.82) is 0 Å². The van der Waals surface area contributed by atoms with E-state index in [0.29, 0.717) is 5.75 Å². The van der Waals surface area contributed by atoms with Gasteiger partial charge < -0.3 is 9.84 Å². The third kappa shape index (κ3) is 1.26. The molecule has 0 aliphatic heterocycles.